The van der Waals surface area contributed by atoms with E-state index in [0.717, 1.165) is 17.3 Å². The van der Waals surface area contributed by atoms with Crippen LogP contribution in [0, 0.1) is 5.82 Å². The minimum absolute atomic E-state index is 0.177. The molecule has 0 unspecified atom stereocenters. The lowest BCUT2D eigenvalue weighted by Gasteiger charge is -2.00. The number of carbonyl (C=O) groups excluding carboxylic acids is 1. The predicted octanol–water partition coefficient (Wildman–Crippen LogP) is 6.04. The fourth-order valence-corrected chi connectivity index (χ4v) is 4.10. The quantitative estimate of drug-likeness (QED) is 0.591. The Kier molecular flexibility index (Phi) is 5.66. The van der Waals surface area contributed by atoms with Gasteiger partial charge in [0.1, 0.15) is 15.9 Å². The van der Waals surface area contributed by atoms with E-state index in [4.69, 9.17) is 23.2 Å². The second-order valence-electron chi connectivity index (χ2n) is 4.85. The van der Waals surface area contributed by atoms with Crippen LogP contribution in [-0.4, -0.2) is 9.49 Å². The van der Waals surface area contributed by atoms with E-state index in [1.807, 2.05) is 24.3 Å². The molecule has 0 aromatic heterocycles. The number of hydrogen-bond donors (Lipinski definition) is 0. The number of halogens is 3. The summed E-state index contributed by atoms with van der Waals surface area (Å²) < 4.78 is 14.5. The average molecular weight is 398 g/mol. The van der Waals surface area contributed by atoms with E-state index in [-0.39, 0.29) is 21.4 Å². The Hall–Kier alpha value is -1.27. The molecule has 1 aliphatic rings. The summed E-state index contributed by atoms with van der Waals surface area (Å²) in [6, 6.07) is 11.9. The first-order valence-electron chi connectivity index (χ1n) is 6.87. The van der Waals surface area contributed by atoms with E-state index >= 15 is 0 Å². The minimum Gasteiger partial charge on any atom is -0.279 e. The number of rotatable bonds is 3. The topological polar surface area (TPSA) is 29.4 Å². The summed E-state index contributed by atoms with van der Waals surface area (Å²) >= 11 is 14.3. The van der Waals surface area contributed by atoms with E-state index in [0.29, 0.717) is 15.2 Å². The molecule has 0 atom stereocenters. The molecule has 0 aliphatic carbocycles. The van der Waals surface area contributed by atoms with Crippen LogP contribution in [0.15, 0.2) is 53.2 Å². The van der Waals surface area contributed by atoms with Gasteiger partial charge in [-0.05, 0) is 47.7 Å². The van der Waals surface area contributed by atoms with E-state index in [1.165, 1.54) is 30.0 Å². The van der Waals surface area contributed by atoms with Gasteiger partial charge in [0.25, 0.3) is 0 Å². The molecule has 0 fully saturated rings. The van der Waals surface area contributed by atoms with Crippen LogP contribution in [0.3, 0.4) is 0 Å². The summed E-state index contributed by atoms with van der Waals surface area (Å²) in [5.41, 5.74) is 1.45. The maximum atomic E-state index is 13.8. The van der Waals surface area contributed by atoms with Crippen molar-refractivity contribution in [1.82, 2.24) is 0 Å². The summed E-state index contributed by atoms with van der Waals surface area (Å²) in [4.78, 5) is 16.3. The van der Waals surface area contributed by atoms with Gasteiger partial charge in [0, 0.05) is 16.3 Å². The lowest BCUT2D eigenvalue weighted by Crippen LogP contribution is -1.90. The highest BCUT2D eigenvalue weighted by molar-refractivity contribution is 8.45. The third kappa shape index (κ3) is 4.22. The van der Waals surface area contributed by atoms with Gasteiger partial charge in [-0.25, -0.2) is 9.38 Å². The lowest BCUT2D eigenvalue weighted by molar-refractivity contribution is -0.107. The molecule has 0 amide bonds. The van der Waals surface area contributed by atoms with Crippen LogP contribution >= 0.6 is 46.7 Å². The highest BCUT2D eigenvalue weighted by atomic mass is 35.5. The van der Waals surface area contributed by atoms with E-state index in [2.05, 4.69) is 4.99 Å². The van der Waals surface area contributed by atoms with Crippen molar-refractivity contribution in [2.75, 3.05) is 0 Å². The first kappa shape index (κ1) is 17.5. The molecule has 0 saturated carbocycles. The SMILES string of the molecule is O=C1SC(SCc2ccc(Cl)cc2)=N/C1=C\c1c(F)cccc1Cl. The van der Waals surface area contributed by atoms with Crippen molar-refractivity contribution in [3.8, 4) is 0 Å². The van der Waals surface area contributed by atoms with Gasteiger partial charge in [0.2, 0.25) is 5.12 Å². The smallest absolute Gasteiger partial charge is 0.244 e. The lowest BCUT2D eigenvalue weighted by atomic mass is 10.2. The summed E-state index contributed by atoms with van der Waals surface area (Å²) in [7, 11) is 0. The molecule has 1 heterocycles. The van der Waals surface area contributed by atoms with Gasteiger partial charge in [-0.1, -0.05) is 53.2 Å². The van der Waals surface area contributed by atoms with Crippen LogP contribution in [-0.2, 0) is 10.5 Å². The standard InChI is InChI=1S/C17H10Cl2FNOS2/c18-11-6-4-10(5-7-11)9-23-17-21-15(16(22)24-17)8-12-13(19)2-1-3-14(12)20/h1-8H,9H2/b15-8-. The van der Waals surface area contributed by atoms with Crippen molar-refractivity contribution in [2.45, 2.75) is 5.75 Å². The second-order valence-corrected chi connectivity index (χ2v) is 7.87. The molecule has 0 N–H and O–H groups in total. The average Bonchev–Trinajstić information content (AvgIpc) is 2.90. The molecule has 24 heavy (non-hydrogen) atoms. The van der Waals surface area contributed by atoms with Gasteiger partial charge in [0.05, 0.1) is 5.02 Å². The van der Waals surface area contributed by atoms with Gasteiger partial charge in [-0.2, -0.15) is 0 Å². The normalized spacial score (nSPS) is 15.9. The Morgan fingerprint density at radius 1 is 1.17 bits per heavy atom. The molecule has 0 saturated heterocycles. The van der Waals surface area contributed by atoms with E-state index in [1.54, 1.807) is 6.07 Å². The first-order valence-corrected chi connectivity index (χ1v) is 9.42. The Morgan fingerprint density at radius 3 is 2.62 bits per heavy atom. The Bertz CT molecular complexity index is 830. The maximum Gasteiger partial charge on any atom is 0.244 e. The zero-order valence-electron chi connectivity index (χ0n) is 12.1. The van der Waals surface area contributed by atoms with Crippen LogP contribution < -0.4 is 0 Å². The van der Waals surface area contributed by atoms with Gasteiger partial charge in [-0.15, -0.1) is 0 Å². The summed E-state index contributed by atoms with van der Waals surface area (Å²) in [5, 5.41) is 0.712. The number of nitrogens with zero attached hydrogens (tertiary/aromatic N) is 1. The predicted molar refractivity (Wildman–Crippen MR) is 102 cm³/mol. The van der Waals surface area contributed by atoms with Crippen LogP contribution in [0.25, 0.3) is 6.08 Å². The largest absolute Gasteiger partial charge is 0.279 e. The first-order chi connectivity index (χ1) is 11.5. The van der Waals surface area contributed by atoms with Gasteiger partial charge in [-0.3, -0.25) is 4.79 Å². The van der Waals surface area contributed by atoms with Gasteiger partial charge in [0.15, 0.2) is 0 Å². The molecule has 2 aromatic rings. The highest BCUT2D eigenvalue weighted by Gasteiger charge is 2.23. The fraction of sp³-hybridized carbons (Fsp3) is 0.0588. The molecule has 1 aliphatic heterocycles. The zero-order valence-corrected chi connectivity index (χ0v) is 15.3. The van der Waals surface area contributed by atoms with Crippen molar-refractivity contribution in [1.29, 1.82) is 0 Å². The van der Waals surface area contributed by atoms with Crippen LogP contribution in [0.2, 0.25) is 10.0 Å². The minimum atomic E-state index is -0.481. The molecule has 2 nitrogen and oxygen atoms in total. The van der Waals surface area contributed by atoms with Crippen molar-refractivity contribution in [3.63, 3.8) is 0 Å². The fourth-order valence-electron chi connectivity index (χ4n) is 1.96. The van der Waals surface area contributed by atoms with Crippen molar-refractivity contribution >= 4 is 62.3 Å². The summed E-state index contributed by atoms with van der Waals surface area (Å²) in [5.74, 6) is 0.189. The summed E-state index contributed by atoms with van der Waals surface area (Å²) in [6.07, 6.45) is 1.39. The number of aliphatic imine (C=N–C) groups is 1. The molecule has 2 aromatic carbocycles. The summed E-state index contributed by atoms with van der Waals surface area (Å²) in [6.45, 7) is 0. The molecule has 122 valence electrons. The van der Waals surface area contributed by atoms with Crippen LogP contribution in [0.5, 0.6) is 0 Å². The van der Waals surface area contributed by atoms with E-state index < -0.39 is 5.82 Å². The Balaban J connectivity index is 1.75. The third-order valence-corrected chi connectivity index (χ3v) is 5.82. The molecular weight excluding hydrogens is 388 g/mol. The number of benzene rings is 2. The molecule has 0 bridgehead atoms. The number of hydrogen-bond acceptors (Lipinski definition) is 4. The number of thioether (sulfide) groups is 2. The molecule has 7 heteroatoms. The van der Waals surface area contributed by atoms with Crippen LogP contribution in [0.4, 0.5) is 4.39 Å². The maximum absolute atomic E-state index is 13.8. The Morgan fingerprint density at radius 2 is 1.92 bits per heavy atom. The zero-order chi connectivity index (χ0) is 17.1. The van der Waals surface area contributed by atoms with Gasteiger partial charge >= 0.3 is 0 Å². The third-order valence-electron chi connectivity index (χ3n) is 3.16. The van der Waals surface area contributed by atoms with Crippen molar-refractivity contribution < 1.29 is 9.18 Å². The molecule has 0 spiro atoms. The molecule has 0 radical (unpaired) electrons. The van der Waals surface area contributed by atoms with Gasteiger partial charge < -0.3 is 0 Å². The van der Waals surface area contributed by atoms with E-state index in [9.17, 15) is 9.18 Å². The van der Waals surface area contributed by atoms with Crippen molar-refractivity contribution in [3.05, 3.63) is 75.2 Å². The highest BCUT2D eigenvalue weighted by Crippen LogP contribution is 2.34. The Labute approximate surface area is 157 Å². The monoisotopic (exact) mass is 397 g/mol. The van der Waals surface area contributed by atoms with Crippen molar-refractivity contribution in [2.24, 2.45) is 4.99 Å². The molecule has 3 rings (SSSR count). The number of carbonyl (C=O) groups is 1. The van der Waals surface area contributed by atoms with Crippen LogP contribution in [0.1, 0.15) is 11.1 Å². The second kappa shape index (κ2) is 7.74. The molecular formula is C17H10Cl2FNOS2.